The molecule has 2 aromatic carbocycles. The number of fused-ring (bicyclic) bond motifs is 1. The van der Waals surface area contributed by atoms with Crippen molar-refractivity contribution in [2.45, 2.75) is 57.6 Å². The lowest BCUT2D eigenvalue weighted by atomic mass is 9.98. The summed E-state index contributed by atoms with van der Waals surface area (Å²) in [6, 6.07) is 16.3. The first-order chi connectivity index (χ1) is 14.7. The zero-order valence-corrected chi connectivity index (χ0v) is 18.0. The van der Waals surface area contributed by atoms with Crippen molar-refractivity contribution < 1.29 is 14.6 Å². The van der Waals surface area contributed by atoms with Crippen LogP contribution in [0.25, 0.3) is 11.0 Å². The van der Waals surface area contributed by atoms with Gasteiger partial charge in [-0.05, 0) is 48.9 Å². The molecule has 1 aliphatic heterocycles. The molecule has 5 nitrogen and oxygen atoms in total. The molecule has 1 aromatic heterocycles. The Balaban J connectivity index is 1.51. The highest BCUT2D eigenvalue weighted by Gasteiger charge is 2.24. The van der Waals surface area contributed by atoms with E-state index in [-0.39, 0.29) is 6.61 Å². The second kappa shape index (κ2) is 9.63. The molecule has 1 fully saturated rings. The van der Waals surface area contributed by atoms with Gasteiger partial charge in [0, 0.05) is 19.1 Å². The third kappa shape index (κ3) is 4.52. The Morgan fingerprint density at radius 3 is 2.67 bits per heavy atom. The van der Waals surface area contributed by atoms with Gasteiger partial charge in [-0.1, -0.05) is 44.2 Å². The molecule has 0 bridgehead atoms. The minimum absolute atomic E-state index is 0.257. The Morgan fingerprint density at radius 2 is 1.87 bits per heavy atom. The predicted octanol–water partition coefficient (Wildman–Crippen LogP) is 4.88. The van der Waals surface area contributed by atoms with E-state index in [1.807, 2.05) is 36.4 Å². The average Bonchev–Trinajstić information content (AvgIpc) is 3.16. The largest absolute Gasteiger partial charge is 0.491 e. The number of rotatable bonds is 8. The Hall–Kier alpha value is -2.37. The van der Waals surface area contributed by atoms with Crippen LogP contribution in [0.5, 0.6) is 5.75 Å². The third-order valence-corrected chi connectivity index (χ3v) is 6.16. The second-order valence-corrected chi connectivity index (χ2v) is 8.27. The maximum Gasteiger partial charge on any atom is 0.122 e. The van der Waals surface area contributed by atoms with Gasteiger partial charge in [-0.25, -0.2) is 4.98 Å². The van der Waals surface area contributed by atoms with Crippen LogP contribution in [0.1, 0.15) is 56.3 Å². The number of ether oxygens (including phenoxy) is 2. The van der Waals surface area contributed by atoms with Gasteiger partial charge >= 0.3 is 0 Å². The molecule has 0 amide bonds. The van der Waals surface area contributed by atoms with Crippen molar-refractivity contribution in [2.24, 2.45) is 0 Å². The summed E-state index contributed by atoms with van der Waals surface area (Å²) in [6.07, 6.45) is 2.38. The van der Waals surface area contributed by atoms with Gasteiger partial charge in [-0.15, -0.1) is 0 Å². The molecule has 3 aromatic rings. The summed E-state index contributed by atoms with van der Waals surface area (Å²) in [5.74, 6) is 2.71. The highest BCUT2D eigenvalue weighted by Crippen LogP contribution is 2.31. The van der Waals surface area contributed by atoms with E-state index in [0.29, 0.717) is 18.4 Å². The fourth-order valence-electron chi connectivity index (χ4n) is 4.24. The molecule has 0 spiro atoms. The van der Waals surface area contributed by atoms with Crippen LogP contribution in [0.4, 0.5) is 0 Å². The number of benzene rings is 2. The Kier molecular flexibility index (Phi) is 6.70. The average molecular weight is 409 g/mol. The van der Waals surface area contributed by atoms with Crippen molar-refractivity contribution in [2.75, 3.05) is 19.8 Å². The summed E-state index contributed by atoms with van der Waals surface area (Å²) >= 11 is 0. The van der Waals surface area contributed by atoms with Gasteiger partial charge in [0.05, 0.1) is 17.6 Å². The summed E-state index contributed by atoms with van der Waals surface area (Å²) in [7, 11) is 0. The van der Waals surface area contributed by atoms with E-state index in [0.717, 1.165) is 55.1 Å². The van der Waals surface area contributed by atoms with Crippen LogP contribution in [-0.4, -0.2) is 40.6 Å². The normalized spacial score (nSPS) is 17.2. The quantitative estimate of drug-likeness (QED) is 0.577. The van der Waals surface area contributed by atoms with E-state index in [1.165, 1.54) is 5.56 Å². The van der Waals surface area contributed by atoms with Crippen LogP contribution in [0.2, 0.25) is 0 Å². The molecular weight excluding hydrogens is 376 g/mol. The van der Waals surface area contributed by atoms with Crippen LogP contribution < -0.4 is 4.74 Å². The molecule has 30 heavy (non-hydrogen) atoms. The van der Waals surface area contributed by atoms with Gasteiger partial charge in [-0.3, -0.25) is 0 Å². The number of aliphatic hydroxyl groups is 1. The summed E-state index contributed by atoms with van der Waals surface area (Å²) in [5.41, 5.74) is 3.25. The first-order valence-corrected chi connectivity index (χ1v) is 11.1. The molecule has 2 atom stereocenters. The van der Waals surface area contributed by atoms with Crippen molar-refractivity contribution in [3.8, 4) is 5.75 Å². The first-order valence-electron chi connectivity index (χ1n) is 11.1. The minimum atomic E-state index is -0.619. The van der Waals surface area contributed by atoms with Gasteiger partial charge in [0.1, 0.15) is 24.3 Å². The van der Waals surface area contributed by atoms with Crippen LogP contribution in [0.3, 0.4) is 0 Å². The summed E-state index contributed by atoms with van der Waals surface area (Å²) in [5, 5.41) is 10.9. The van der Waals surface area contributed by atoms with Gasteiger partial charge in [0.2, 0.25) is 0 Å². The maximum absolute atomic E-state index is 10.9. The van der Waals surface area contributed by atoms with E-state index >= 15 is 0 Å². The number of aliphatic hydroxyl groups excluding tert-OH is 1. The second-order valence-electron chi connectivity index (χ2n) is 8.27. The highest BCUT2D eigenvalue weighted by molar-refractivity contribution is 5.76. The van der Waals surface area contributed by atoms with Crippen molar-refractivity contribution in [1.82, 2.24) is 9.55 Å². The Morgan fingerprint density at radius 1 is 1.13 bits per heavy atom. The van der Waals surface area contributed by atoms with E-state index in [1.54, 1.807) is 0 Å². The van der Waals surface area contributed by atoms with Crippen molar-refractivity contribution in [3.05, 3.63) is 59.9 Å². The highest BCUT2D eigenvalue weighted by atomic mass is 16.5. The topological polar surface area (TPSA) is 56.5 Å². The molecule has 160 valence electrons. The summed E-state index contributed by atoms with van der Waals surface area (Å²) in [4.78, 5) is 4.91. The molecule has 2 unspecified atom stereocenters. The molecular formula is C25H32N2O3. The van der Waals surface area contributed by atoms with Crippen LogP contribution in [0.15, 0.2) is 48.5 Å². The first kappa shape index (κ1) is 20.9. The monoisotopic (exact) mass is 408 g/mol. The van der Waals surface area contributed by atoms with Crippen molar-refractivity contribution in [1.29, 1.82) is 0 Å². The maximum atomic E-state index is 10.9. The number of aromatic nitrogens is 2. The van der Waals surface area contributed by atoms with Crippen LogP contribution >= 0.6 is 0 Å². The number of nitrogens with zero attached hydrogens (tertiary/aromatic N) is 2. The molecule has 4 rings (SSSR count). The van der Waals surface area contributed by atoms with E-state index in [2.05, 4.69) is 30.5 Å². The summed E-state index contributed by atoms with van der Waals surface area (Å²) < 4.78 is 13.8. The predicted molar refractivity (Wildman–Crippen MR) is 119 cm³/mol. The van der Waals surface area contributed by atoms with E-state index in [9.17, 15) is 5.11 Å². The van der Waals surface area contributed by atoms with Crippen molar-refractivity contribution >= 4 is 11.0 Å². The van der Waals surface area contributed by atoms with E-state index < -0.39 is 6.10 Å². The number of imidazole rings is 1. The fourth-order valence-corrected chi connectivity index (χ4v) is 4.24. The number of hydrogen-bond acceptors (Lipinski definition) is 4. The molecule has 0 aliphatic carbocycles. The third-order valence-electron chi connectivity index (χ3n) is 6.16. The van der Waals surface area contributed by atoms with Crippen LogP contribution in [-0.2, 0) is 11.3 Å². The van der Waals surface area contributed by atoms with Gasteiger partial charge in [0.15, 0.2) is 0 Å². The Bertz CT molecular complexity index is 962. The van der Waals surface area contributed by atoms with Gasteiger partial charge in [0.25, 0.3) is 0 Å². The molecule has 2 heterocycles. The fraction of sp³-hybridized carbons (Fsp3) is 0.480. The van der Waals surface area contributed by atoms with Gasteiger partial charge < -0.3 is 19.1 Å². The van der Waals surface area contributed by atoms with E-state index in [4.69, 9.17) is 14.5 Å². The smallest absolute Gasteiger partial charge is 0.122 e. The molecule has 5 heteroatoms. The summed E-state index contributed by atoms with van der Waals surface area (Å²) in [6.45, 7) is 6.65. The SMILES string of the molecule is CCC(C)c1ccccc1OCC(O)Cn1c(C2CCOCC2)nc2ccccc21. The van der Waals surface area contributed by atoms with Gasteiger partial charge in [-0.2, -0.15) is 0 Å². The lowest BCUT2D eigenvalue weighted by molar-refractivity contribution is 0.0779. The molecule has 0 saturated carbocycles. The Labute approximate surface area is 178 Å². The standard InChI is InChI=1S/C25H32N2O3/c1-3-18(2)21-8-4-7-11-24(21)30-17-20(28)16-27-23-10-6-5-9-22(23)26-25(27)19-12-14-29-15-13-19/h4-11,18-20,28H,3,12-17H2,1-2H3. The zero-order valence-electron chi connectivity index (χ0n) is 18.0. The molecule has 1 saturated heterocycles. The van der Waals surface area contributed by atoms with Crippen LogP contribution in [0, 0.1) is 0 Å². The molecule has 1 N–H and O–H groups in total. The lowest BCUT2D eigenvalue weighted by Gasteiger charge is -2.24. The minimum Gasteiger partial charge on any atom is -0.491 e. The van der Waals surface area contributed by atoms with Crippen molar-refractivity contribution in [3.63, 3.8) is 0 Å². The number of hydrogen-bond donors (Lipinski definition) is 1. The number of para-hydroxylation sites is 3. The lowest BCUT2D eigenvalue weighted by Crippen LogP contribution is -2.26. The molecule has 1 aliphatic rings. The molecule has 0 radical (unpaired) electrons. The zero-order chi connectivity index (χ0) is 20.9.